The second-order valence-electron chi connectivity index (χ2n) is 4.58. The summed E-state index contributed by atoms with van der Waals surface area (Å²) >= 11 is 9.60. The molecule has 1 N–H and O–H groups in total. The van der Waals surface area contributed by atoms with Crippen LogP contribution in [0.3, 0.4) is 0 Å². The maximum absolute atomic E-state index is 6.05. The highest BCUT2D eigenvalue weighted by Crippen LogP contribution is 2.24. The molecule has 5 heteroatoms. The van der Waals surface area contributed by atoms with Crippen LogP contribution in [-0.4, -0.2) is 9.55 Å². The molecule has 3 aromatic rings. The Hall–Kier alpha value is -1.78. The second kappa shape index (κ2) is 6.33. The average molecular weight is 363 g/mol. The number of nitrogens with one attached hydrogen (secondary N) is 1. The largest absolute Gasteiger partial charge is 0.379 e. The fourth-order valence-electron chi connectivity index (χ4n) is 2.12. The Kier molecular flexibility index (Phi) is 4.27. The summed E-state index contributed by atoms with van der Waals surface area (Å²) in [6.07, 6.45) is 5.48. The number of para-hydroxylation sites is 2. The zero-order chi connectivity index (χ0) is 14.7. The Bertz CT molecular complexity index is 741. The molecule has 21 heavy (non-hydrogen) atoms. The topological polar surface area (TPSA) is 29.9 Å². The third-order valence-corrected chi connectivity index (χ3v) is 4.17. The number of nitrogens with zero attached hydrogens (tertiary/aromatic N) is 2. The lowest BCUT2D eigenvalue weighted by Crippen LogP contribution is -2.04. The van der Waals surface area contributed by atoms with Crippen LogP contribution in [0.2, 0.25) is 5.02 Å². The van der Waals surface area contributed by atoms with Gasteiger partial charge < -0.3 is 9.88 Å². The van der Waals surface area contributed by atoms with Crippen molar-refractivity contribution in [3.8, 4) is 5.69 Å². The van der Waals surface area contributed by atoms with E-state index in [0.29, 0.717) is 6.54 Å². The van der Waals surface area contributed by atoms with Gasteiger partial charge in [0.2, 0.25) is 0 Å². The molecule has 106 valence electrons. The number of halogens is 2. The molecule has 3 rings (SSSR count). The van der Waals surface area contributed by atoms with Gasteiger partial charge in [-0.15, -0.1) is 0 Å². The Morgan fingerprint density at radius 2 is 2.05 bits per heavy atom. The molecule has 0 unspecified atom stereocenters. The van der Waals surface area contributed by atoms with E-state index in [2.05, 4.69) is 32.3 Å². The highest BCUT2D eigenvalue weighted by atomic mass is 79.9. The van der Waals surface area contributed by atoms with E-state index in [-0.39, 0.29) is 0 Å². The zero-order valence-corrected chi connectivity index (χ0v) is 13.5. The van der Waals surface area contributed by atoms with E-state index in [4.69, 9.17) is 11.6 Å². The molecule has 0 bridgehead atoms. The van der Waals surface area contributed by atoms with Gasteiger partial charge in [0.1, 0.15) is 0 Å². The van der Waals surface area contributed by atoms with Gasteiger partial charge in [-0.25, -0.2) is 4.98 Å². The lowest BCUT2D eigenvalue weighted by atomic mass is 10.2. The summed E-state index contributed by atoms with van der Waals surface area (Å²) < 4.78 is 3.02. The van der Waals surface area contributed by atoms with Crippen LogP contribution in [0.5, 0.6) is 0 Å². The Morgan fingerprint density at radius 3 is 2.86 bits per heavy atom. The molecule has 1 aromatic heterocycles. The smallest absolute Gasteiger partial charge is 0.0992 e. The van der Waals surface area contributed by atoms with Crippen molar-refractivity contribution in [3.05, 3.63) is 76.2 Å². The minimum absolute atomic E-state index is 0.687. The van der Waals surface area contributed by atoms with Gasteiger partial charge >= 0.3 is 0 Å². The van der Waals surface area contributed by atoms with Crippen LogP contribution < -0.4 is 5.32 Å². The molecule has 3 nitrogen and oxygen atoms in total. The summed E-state index contributed by atoms with van der Waals surface area (Å²) in [7, 11) is 0. The molecule has 0 atom stereocenters. The highest BCUT2D eigenvalue weighted by molar-refractivity contribution is 9.10. The third-order valence-electron chi connectivity index (χ3n) is 3.16. The van der Waals surface area contributed by atoms with Crippen LogP contribution in [0.4, 0.5) is 5.69 Å². The number of imidazole rings is 1. The van der Waals surface area contributed by atoms with E-state index in [1.165, 1.54) is 0 Å². The first-order valence-electron chi connectivity index (χ1n) is 6.49. The van der Waals surface area contributed by atoms with Crippen molar-refractivity contribution in [2.75, 3.05) is 5.32 Å². The number of rotatable bonds is 4. The SMILES string of the molecule is Clc1ccc(Br)c(CNc2ccccc2-n2ccnc2)c1. The van der Waals surface area contributed by atoms with Gasteiger partial charge in [0.25, 0.3) is 0 Å². The maximum atomic E-state index is 6.05. The summed E-state index contributed by atoms with van der Waals surface area (Å²) in [5.41, 5.74) is 3.22. The van der Waals surface area contributed by atoms with E-state index in [1.54, 1.807) is 12.5 Å². The van der Waals surface area contributed by atoms with Crippen molar-refractivity contribution in [3.63, 3.8) is 0 Å². The van der Waals surface area contributed by atoms with Crippen molar-refractivity contribution in [1.82, 2.24) is 9.55 Å². The van der Waals surface area contributed by atoms with Crippen LogP contribution in [0.25, 0.3) is 5.69 Å². The molecule has 0 saturated heterocycles. The van der Waals surface area contributed by atoms with Crippen molar-refractivity contribution in [2.24, 2.45) is 0 Å². The second-order valence-corrected chi connectivity index (χ2v) is 5.87. The van der Waals surface area contributed by atoms with Crippen LogP contribution in [-0.2, 0) is 6.54 Å². The first-order chi connectivity index (χ1) is 10.2. The van der Waals surface area contributed by atoms with Gasteiger partial charge in [0.05, 0.1) is 17.7 Å². The quantitative estimate of drug-likeness (QED) is 0.715. The molecule has 0 aliphatic rings. The number of anilines is 1. The van der Waals surface area contributed by atoms with Crippen LogP contribution in [0.1, 0.15) is 5.56 Å². The molecular weight excluding hydrogens is 350 g/mol. The molecular formula is C16H13BrClN3. The van der Waals surface area contributed by atoms with E-state index in [9.17, 15) is 0 Å². The average Bonchev–Trinajstić information content (AvgIpc) is 3.03. The predicted molar refractivity (Wildman–Crippen MR) is 90.0 cm³/mol. The molecule has 1 heterocycles. The third kappa shape index (κ3) is 3.28. The lowest BCUT2D eigenvalue weighted by Gasteiger charge is -2.13. The maximum Gasteiger partial charge on any atom is 0.0992 e. The van der Waals surface area contributed by atoms with Crippen LogP contribution in [0.15, 0.2) is 65.7 Å². The normalized spacial score (nSPS) is 10.6. The number of hydrogen-bond donors (Lipinski definition) is 1. The first kappa shape index (κ1) is 14.2. The summed E-state index contributed by atoms with van der Waals surface area (Å²) in [4.78, 5) is 4.09. The summed E-state index contributed by atoms with van der Waals surface area (Å²) in [5, 5.41) is 4.18. The number of benzene rings is 2. The van der Waals surface area contributed by atoms with Crippen molar-refractivity contribution in [1.29, 1.82) is 0 Å². The fourth-order valence-corrected chi connectivity index (χ4v) is 2.70. The molecule has 2 aromatic carbocycles. The van der Waals surface area contributed by atoms with Crippen molar-refractivity contribution in [2.45, 2.75) is 6.54 Å². The zero-order valence-electron chi connectivity index (χ0n) is 11.1. The fraction of sp³-hybridized carbons (Fsp3) is 0.0625. The van der Waals surface area contributed by atoms with Gasteiger partial charge in [-0.2, -0.15) is 0 Å². The highest BCUT2D eigenvalue weighted by Gasteiger charge is 2.05. The number of aromatic nitrogens is 2. The molecule has 0 saturated carbocycles. The summed E-state index contributed by atoms with van der Waals surface area (Å²) in [6, 6.07) is 13.9. The Balaban J connectivity index is 1.84. The Morgan fingerprint density at radius 1 is 1.19 bits per heavy atom. The first-order valence-corrected chi connectivity index (χ1v) is 7.66. The molecule has 0 spiro atoms. The molecule has 0 fully saturated rings. The van der Waals surface area contributed by atoms with Crippen molar-refractivity contribution >= 4 is 33.2 Å². The van der Waals surface area contributed by atoms with Gasteiger partial charge in [0, 0.05) is 28.4 Å². The Labute approximate surface area is 136 Å². The molecule has 0 aliphatic carbocycles. The standard InChI is InChI=1S/C16H13BrClN3/c17-14-6-5-13(18)9-12(14)10-20-15-3-1-2-4-16(15)21-8-7-19-11-21/h1-9,11,20H,10H2. The van der Waals surface area contributed by atoms with E-state index >= 15 is 0 Å². The summed E-state index contributed by atoms with van der Waals surface area (Å²) in [5.74, 6) is 0. The predicted octanol–water partition coefficient (Wildman–Crippen LogP) is 4.90. The van der Waals surface area contributed by atoms with Gasteiger partial charge in [-0.05, 0) is 35.9 Å². The van der Waals surface area contributed by atoms with Gasteiger partial charge in [0.15, 0.2) is 0 Å². The summed E-state index contributed by atoms with van der Waals surface area (Å²) in [6.45, 7) is 0.687. The lowest BCUT2D eigenvalue weighted by molar-refractivity contribution is 1.04. The van der Waals surface area contributed by atoms with Crippen molar-refractivity contribution < 1.29 is 0 Å². The minimum Gasteiger partial charge on any atom is -0.379 e. The van der Waals surface area contributed by atoms with Crippen LogP contribution >= 0.6 is 27.5 Å². The number of hydrogen-bond acceptors (Lipinski definition) is 2. The van der Waals surface area contributed by atoms with E-state index in [1.807, 2.05) is 47.2 Å². The molecule has 0 aliphatic heterocycles. The van der Waals surface area contributed by atoms with E-state index < -0.39 is 0 Å². The molecule has 0 amide bonds. The molecule has 0 radical (unpaired) electrons. The minimum atomic E-state index is 0.687. The van der Waals surface area contributed by atoms with Gasteiger partial charge in [-0.3, -0.25) is 0 Å². The monoisotopic (exact) mass is 361 g/mol. The van der Waals surface area contributed by atoms with Gasteiger partial charge in [-0.1, -0.05) is 39.7 Å². The van der Waals surface area contributed by atoms with Crippen LogP contribution in [0, 0.1) is 0 Å². The van der Waals surface area contributed by atoms with E-state index in [0.717, 1.165) is 26.4 Å².